The molecule has 8 heteroatoms. The van der Waals surface area contributed by atoms with E-state index in [-0.39, 0.29) is 30.1 Å². The number of carbonyl (C=O) groups excluding carboxylic acids is 1. The lowest BCUT2D eigenvalue weighted by molar-refractivity contribution is -0.139. The predicted molar refractivity (Wildman–Crippen MR) is 102 cm³/mol. The molecule has 2 saturated carbocycles. The summed E-state index contributed by atoms with van der Waals surface area (Å²) in [4.78, 5) is 29.7. The van der Waals surface area contributed by atoms with Crippen molar-refractivity contribution < 1.29 is 14.7 Å². The Kier molecular flexibility index (Phi) is 5.53. The van der Waals surface area contributed by atoms with Crippen molar-refractivity contribution in [2.45, 2.75) is 64.0 Å². The van der Waals surface area contributed by atoms with Gasteiger partial charge in [0.05, 0.1) is 12.2 Å². The van der Waals surface area contributed by atoms with Gasteiger partial charge in [0.1, 0.15) is 0 Å². The summed E-state index contributed by atoms with van der Waals surface area (Å²) >= 11 is 1.43. The van der Waals surface area contributed by atoms with Crippen molar-refractivity contribution in [1.82, 2.24) is 15.2 Å². The molecule has 0 radical (unpaired) electrons. The van der Waals surface area contributed by atoms with Crippen molar-refractivity contribution in [2.75, 3.05) is 18.4 Å². The minimum atomic E-state index is -0.779. The lowest BCUT2D eigenvalue weighted by Gasteiger charge is -2.42. The third-order valence-electron chi connectivity index (χ3n) is 4.99. The van der Waals surface area contributed by atoms with E-state index < -0.39 is 5.97 Å². The Balaban J connectivity index is 1.43. The number of carboxylic acid groups (broad SMARTS) is 1. The first kappa shape index (κ1) is 19.1. The van der Waals surface area contributed by atoms with Crippen LogP contribution >= 0.6 is 11.3 Å². The summed E-state index contributed by atoms with van der Waals surface area (Å²) in [6.45, 7) is 7.22. The molecule has 0 spiro atoms. The molecule has 1 aromatic heterocycles. The van der Waals surface area contributed by atoms with Crippen molar-refractivity contribution in [3.8, 4) is 0 Å². The third kappa shape index (κ3) is 5.17. The number of hydrogen-bond donors (Lipinski definition) is 3. The Labute approximate surface area is 158 Å². The second-order valence-corrected chi connectivity index (χ2v) is 9.33. The molecule has 0 bridgehead atoms. The van der Waals surface area contributed by atoms with E-state index in [9.17, 15) is 9.59 Å². The van der Waals surface area contributed by atoms with E-state index in [1.54, 1.807) is 0 Å². The van der Waals surface area contributed by atoms with Gasteiger partial charge in [-0.1, -0.05) is 20.8 Å². The van der Waals surface area contributed by atoms with Crippen molar-refractivity contribution in [3.05, 3.63) is 11.1 Å². The van der Waals surface area contributed by atoms with Gasteiger partial charge in [-0.05, 0) is 31.6 Å². The fourth-order valence-electron chi connectivity index (χ4n) is 3.15. The molecule has 2 aliphatic carbocycles. The van der Waals surface area contributed by atoms with E-state index in [0.29, 0.717) is 11.0 Å². The number of nitrogens with one attached hydrogen (secondary N) is 2. The van der Waals surface area contributed by atoms with Crippen LogP contribution in [0.25, 0.3) is 0 Å². The lowest BCUT2D eigenvalue weighted by Crippen LogP contribution is -2.55. The molecule has 0 aliphatic heterocycles. The Bertz CT molecular complexity index is 660. The highest BCUT2D eigenvalue weighted by Gasteiger charge is 2.37. The largest absolute Gasteiger partial charge is 0.480 e. The van der Waals surface area contributed by atoms with Gasteiger partial charge >= 0.3 is 12.0 Å². The van der Waals surface area contributed by atoms with Gasteiger partial charge < -0.3 is 10.4 Å². The molecule has 144 valence electrons. The average molecular weight is 381 g/mol. The van der Waals surface area contributed by atoms with Crippen molar-refractivity contribution in [3.63, 3.8) is 0 Å². The Morgan fingerprint density at radius 1 is 1.35 bits per heavy atom. The monoisotopic (exact) mass is 380 g/mol. The minimum absolute atomic E-state index is 0.0384. The van der Waals surface area contributed by atoms with Crippen LogP contribution in [0.5, 0.6) is 0 Å². The van der Waals surface area contributed by atoms with Crippen LogP contribution in [0, 0.1) is 5.92 Å². The van der Waals surface area contributed by atoms with Crippen LogP contribution < -0.4 is 10.6 Å². The molecule has 7 nitrogen and oxygen atoms in total. The number of urea groups is 1. The van der Waals surface area contributed by atoms with Gasteiger partial charge in [0.15, 0.2) is 5.13 Å². The van der Waals surface area contributed by atoms with Crippen LogP contribution in [0.2, 0.25) is 0 Å². The van der Waals surface area contributed by atoms with Crippen LogP contribution in [-0.2, 0) is 10.2 Å². The molecule has 3 N–H and O–H groups in total. The number of nitrogens with zero attached hydrogens (tertiary/aromatic N) is 2. The Morgan fingerprint density at radius 3 is 2.58 bits per heavy atom. The number of carboxylic acids is 1. The molecule has 1 heterocycles. The molecule has 2 amide bonds. The Morgan fingerprint density at radius 2 is 2.04 bits per heavy atom. The first-order valence-corrected chi connectivity index (χ1v) is 10.1. The maximum absolute atomic E-state index is 12.2. The maximum atomic E-state index is 12.2. The fourth-order valence-corrected chi connectivity index (χ4v) is 4.08. The topological polar surface area (TPSA) is 94.6 Å². The lowest BCUT2D eigenvalue weighted by atomic mass is 9.85. The minimum Gasteiger partial charge on any atom is -0.480 e. The number of carbonyl (C=O) groups is 2. The number of amides is 2. The number of rotatable bonds is 7. The number of thiazole rings is 1. The number of hydrogen-bond acceptors (Lipinski definition) is 5. The molecule has 0 saturated heterocycles. The van der Waals surface area contributed by atoms with Crippen molar-refractivity contribution >= 4 is 28.5 Å². The van der Waals surface area contributed by atoms with Crippen molar-refractivity contribution in [2.24, 2.45) is 5.92 Å². The Hall–Kier alpha value is -1.67. The summed E-state index contributed by atoms with van der Waals surface area (Å²) in [5.74, 6) is -0.121. The van der Waals surface area contributed by atoms with Gasteiger partial charge in [-0.3, -0.25) is 15.0 Å². The van der Waals surface area contributed by atoms with E-state index in [0.717, 1.165) is 25.1 Å². The zero-order valence-electron chi connectivity index (χ0n) is 15.6. The van der Waals surface area contributed by atoms with Crippen LogP contribution in [0.15, 0.2) is 5.38 Å². The highest BCUT2D eigenvalue weighted by Crippen LogP contribution is 2.34. The summed E-state index contributed by atoms with van der Waals surface area (Å²) < 4.78 is 0. The molecule has 2 aliphatic rings. The summed E-state index contributed by atoms with van der Waals surface area (Å²) in [6, 6.07) is 0.108. The van der Waals surface area contributed by atoms with Gasteiger partial charge in [0.2, 0.25) is 0 Å². The summed E-state index contributed by atoms with van der Waals surface area (Å²) in [5, 5.41) is 17.4. The zero-order chi connectivity index (χ0) is 18.9. The molecular formula is C18H28N4O3S. The molecular weight excluding hydrogens is 352 g/mol. The third-order valence-corrected chi connectivity index (χ3v) is 5.74. The van der Waals surface area contributed by atoms with Gasteiger partial charge in [0, 0.05) is 29.4 Å². The van der Waals surface area contributed by atoms with E-state index in [4.69, 9.17) is 5.11 Å². The van der Waals surface area contributed by atoms with Crippen molar-refractivity contribution in [1.29, 1.82) is 0 Å². The molecule has 0 aromatic carbocycles. The van der Waals surface area contributed by atoms with Gasteiger partial charge in [-0.25, -0.2) is 9.78 Å². The molecule has 0 atom stereocenters. The van der Waals surface area contributed by atoms with Crippen LogP contribution in [0.1, 0.15) is 52.1 Å². The van der Waals surface area contributed by atoms with E-state index in [1.807, 2.05) is 5.38 Å². The van der Waals surface area contributed by atoms with E-state index in [2.05, 4.69) is 41.3 Å². The SMILES string of the molecule is CC(C)(C)c1csc(NC(=O)NC2CC(N(CC(=O)O)CC3CC3)C2)n1. The van der Waals surface area contributed by atoms with E-state index >= 15 is 0 Å². The molecule has 26 heavy (non-hydrogen) atoms. The maximum Gasteiger partial charge on any atom is 0.321 e. The number of anilines is 1. The summed E-state index contributed by atoms with van der Waals surface area (Å²) in [5.41, 5.74) is 0.925. The first-order valence-electron chi connectivity index (χ1n) is 9.20. The predicted octanol–water partition coefficient (Wildman–Crippen LogP) is 2.89. The summed E-state index contributed by atoms with van der Waals surface area (Å²) in [6.07, 6.45) is 4.02. The van der Waals surface area contributed by atoms with Crippen LogP contribution in [0.4, 0.5) is 9.93 Å². The number of aliphatic carboxylic acids is 1. The molecule has 1 aromatic rings. The number of aromatic nitrogens is 1. The second kappa shape index (κ2) is 7.52. The second-order valence-electron chi connectivity index (χ2n) is 8.48. The van der Waals surface area contributed by atoms with E-state index in [1.165, 1.54) is 24.2 Å². The van der Waals surface area contributed by atoms with Crippen LogP contribution in [0.3, 0.4) is 0 Å². The summed E-state index contributed by atoms with van der Waals surface area (Å²) in [7, 11) is 0. The van der Waals surface area contributed by atoms with Gasteiger partial charge in [-0.2, -0.15) is 0 Å². The van der Waals surface area contributed by atoms with Gasteiger partial charge in [-0.15, -0.1) is 11.3 Å². The highest BCUT2D eigenvalue weighted by atomic mass is 32.1. The average Bonchev–Trinajstić information content (AvgIpc) is 3.15. The molecule has 3 rings (SSSR count). The fraction of sp³-hybridized carbons (Fsp3) is 0.722. The van der Waals surface area contributed by atoms with Crippen LogP contribution in [-0.4, -0.2) is 52.2 Å². The normalized spacial score (nSPS) is 22.8. The quantitative estimate of drug-likeness (QED) is 0.676. The highest BCUT2D eigenvalue weighted by molar-refractivity contribution is 7.13. The molecule has 0 unspecified atom stereocenters. The van der Waals surface area contributed by atoms with Gasteiger partial charge in [0.25, 0.3) is 0 Å². The molecule has 2 fully saturated rings. The smallest absolute Gasteiger partial charge is 0.321 e. The zero-order valence-corrected chi connectivity index (χ0v) is 16.4. The standard InChI is InChI=1S/C18H28N4O3S/c1-18(2,3)14-10-26-17(20-14)21-16(25)19-12-6-13(7-12)22(9-15(23)24)8-11-4-5-11/h10-13H,4-9H2,1-3H3,(H,23,24)(H2,19,20,21,25). The first-order chi connectivity index (χ1) is 12.2.